The van der Waals surface area contributed by atoms with E-state index in [-0.39, 0.29) is 6.04 Å². The molecule has 2 aromatic rings. The van der Waals surface area contributed by atoms with Gasteiger partial charge in [-0.1, -0.05) is 35.9 Å². The van der Waals surface area contributed by atoms with Crippen molar-refractivity contribution in [3.05, 3.63) is 59.2 Å². The van der Waals surface area contributed by atoms with Crippen molar-refractivity contribution < 1.29 is 0 Å². The summed E-state index contributed by atoms with van der Waals surface area (Å²) < 4.78 is 0. The molecule has 1 N–H and O–H groups in total. The number of hydrogen-bond donors (Lipinski definition) is 1. The Balaban J connectivity index is 2.28. The molecule has 2 rings (SSSR count). The van der Waals surface area contributed by atoms with Gasteiger partial charge in [-0.05, 0) is 44.0 Å². The van der Waals surface area contributed by atoms with Gasteiger partial charge in [0.25, 0.3) is 0 Å². The SMILES string of the molecule is Cc1ccc(C)c(C(C)Nc2ccccc2N(C)C)c1. The van der Waals surface area contributed by atoms with Gasteiger partial charge in [0.15, 0.2) is 0 Å². The molecule has 0 heterocycles. The standard InChI is InChI=1S/C18H24N2/c1-13-10-11-14(2)16(12-13)15(3)19-17-8-6-7-9-18(17)20(4)5/h6-12,15,19H,1-5H3. The van der Waals surface area contributed by atoms with Crippen molar-refractivity contribution in [2.75, 3.05) is 24.3 Å². The second-order valence-corrected chi connectivity index (χ2v) is 5.64. The molecule has 0 saturated heterocycles. The summed E-state index contributed by atoms with van der Waals surface area (Å²) >= 11 is 0. The van der Waals surface area contributed by atoms with Gasteiger partial charge in [-0.25, -0.2) is 0 Å². The Bertz CT molecular complexity index is 588. The molecule has 0 saturated carbocycles. The highest BCUT2D eigenvalue weighted by atomic mass is 15.1. The molecule has 106 valence electrons. The summed E-state index contributed by atoms with van der Waals surface area (Å²) in [7, 11) is 4.15. The number of anilines is 2. The normalized spacial score (nSPS) is 12.1. The molecule has 0 spiro atoms. The topological polar surface area (TPSA) is 15.3 Å². The van der Waals surface area contributed by atoms with Crippen LogP contribution in [0.3, 0.4) is 0 Å². The number of para-hydroxylation sites is 2. The van der Waals surface area contributed by atoms with Crippen molar-refractivity contribution >= 4 is 11.4 Å². The van der Waals surface area contributed by atoms with E-state index in [1.54, 1.807) is 0 Å². The van der Waals surface area contributed by atoms with Crippen molar-refractivity contribution in [2.45, 2.75) is 26.8 Å². The van der Waals surface area contributed by atoms with Gasteiger partial charge in [-0.15, -0.1) is 0 Å². The largest absolute Gasteiger partial charge is 0.377 e. The van der Waals surface area contributed by atoms with E-state index in [0.717, 1.165) is 0 Å². The van der Waals surface area contributed by atoms with Crippen LogP contribution in [0.1, 0.15) is 29.7 Å². The van der Waals surface area contributed by atoms with E-state index < -0.39 is 0 Å². The first kappa shape index (κ1) is 14.4. The third-order valence-corrected chi connectivity index (χ3v) is 3.66. The Kier molecular flexibility index (Phi) is 4.33. The molecule has 0 amide bonds. The summed E-state index contributed by atoms with van der Waals surface area (Å²) in [5, 5.41) is 3.63. The van der Waals surface area contributed by atoms with Crippen LogP contribution >= 0.6 is 0 Å². The zero-order chi connectivity index (χ0) is 14.7. The van der Waals surface area contributed by atoms with Crippen molar-refractivity contribution in [1.29, 1.82) is 0 Å². The zero-order valence-corrected chi connectivity index (χ0v) is 13.1. The van der Waals surface area contributed by atoms with Crippen molar-refractivity contribution in [1.82, 2.24) is 0 Å². The number of aryl methyl sites for hydroxylation is 2. The van der Waals surface area contributed by atoms with Gasteiger partial charge in [-0.3, -0.25) is 0 Å². The molecule has 20 heavy (non-hydrogen) atoms. The fourth-order valence-corrected chi connectivity index (χ4v) is 2.52. The highest BCUT2D eigenvalue weighted by Crippen LogP contribution is 2.29. The van der Waals surface area contributed by atoms with Crippen molar-refractivity contribution in [3.8, 4) is 0 Å². The monoisotopic (exact) mass is 268 g/mol. The first-order valence-electron chi connectivity index (χ1n) is 7.09. The van der Waals surface area contributed by atoms with Gasteiger partial charge in [0, 0.05) is 20.1 Å². The van der Waals surface area contributed by atoms with E-state index in [0.29, 0.717) is 0 Å². The molecule has 2 heteroatoms. The van der Waals surface area contributed by atoms with Crippen LogP contribution in [0.4, 0.5) is 11.4 Å². The maximum absolute atomic E-state index is 3.63. The maximum Gasteiger partial charge on any atom is 0.0596 e. The summed E-state index contributed by atoms with van der Waals surface area (Å²) in [4.78, 5) is 2.14. The molecule has 0 bridgehead atoms. The molecule has 1 unspecified atom stereocenters. The predicted molar refractivity (Wildman–Crippen MR) is 88.7 cm³/mol. The lowest BCUT2D eigenvalue weighted by Crippen LogP contribution is -2.14. The number of benzene rings is 2. The summed E-state index contributed by atoms with van der Waals surface area (Å²) in [6, 6.07) is 15.3. The number of nitrogens with zero attached hydrogens (tertiary/aromatic N) is 1. The minimum absolute atomic E-state index is 0.288. The van der Waals surface area contributed by atoms with E-state index in [2.05, 4.69) is 87.5 Å². The van der Waals surface area contributed by atoms with Crippen LogP contribution in [0.15, 0.2) is 42.5 Å². The third kappa shape index (κ3) is 3.13. The van der Waals surface area contributed by atoms with Crippen molar-refractivity contribution in [3.63, 3.8) is 0 Å². The lowest BCUT2D eigenvalue weighted by atomic mass is 9.99. The van der Waals surface area contributed by atoms with Crippen LogP contribution in [0.25, 0.3) is 0 Å². The summed E-state index contributed by atoms with van der Waals surface area (Å²) in [5.74, 6) is 0. The quantitative estimate of drug-likeness (QED) is 0.875. The molecule has 0 aliphatic heterocycles. The Labute approximate surface area is 122 Å². The van der Waals surface area contributed by atoms with E-state index in [1.165, 1.54) is 28.1 Å². The fraction of sp³-hybridized carbons (Fsp3) is 0.333. The van der Waals surface area contributed by atoms with Crippen molar-refractivity contribution in [2.24, 2.45) is 0 Å². The second-order valence-electron chi connectivity index (χ2n) is 5.64. The molecule has 0 aliphatic carbocycles. The minimum atomic E-state index is 0.288. The lowest BCUT2D eigenvalue weighted by molar-refractivity contribution is 0.870. The Morgan fingerprint density at radius 2 is 1.70 bits per heavy atom. The maximum atomic E-state index is 3.63. The zero-order valence-electron chi connectivity index (χ0n) is 13.1. The Hall–Kier alpha value is -1.96. The summed E-state index contributed by atoms with van der Waals surface area (Å²) in [6.07, 6.45) is 0. The first-order chi connectivity index (χ1) is 9.49. The van der Waals surface area contributed by atoms with E-state index in [9.17, 15) is 0 Å². The molecule has 1 atom stereocenters. The van der Waals surface area contributed by atoms with Crippen LogP contribution in [0.5, 0.6) is 0 Å². The van der Waals surface area contributed by atoms with E-state index >= 15 is 0 Å². The average Bonchev–Trinajstić information content (AvgIpc) is 2.41. The lowest BCUT2D eigenvalue weighted by Gasteiger charge is -2.23. The number of hydrogen-bond acceptors (Lipinski definition) is 2. The Morgan fingerprint density at radius 1 is 1.00 bits per heavy atom. The van der Waals surface area contributed by atoms with Gasteiger partial charge < -0.3 is 10.2 Å². The number of rotatable bonds is 4. The minimum Gasteiger partial charge on any atom is -0.377 e. The smallest absolute Gasteiger partial charge is 0.0596 e. The summed E-state index contributed by atoms with van der Waals surface area (Å²) in [6.45, 7) is 6.53. The highest BCUT2D eigenvalue weighted by Gasteiger charge is 2.11. The van der Waals surface area contributed by atoms with Gasteiger partial charge >= 0.3 is 0 Å². The van der Waals surface area contributed by atoms with Gasteiger partial charge in [-0.2, -0.15) is 0 Å². The van der Waals surface area contributed by atoms with Crippen LogP contribution in [-0.2, 0) is 0 Å². The molecular weight excluding hydrogens is 244 g/mol. The van der Waals surface area contributed by atoms with Gasteiger partial charge in [0.2, 0.25) is 0 Å². The predicted octanol–water partition coefficient (Wildman–Crippen LogP) is 4.54. The van der Waals surface area contributed by atoms with Crippen LogP contribution < -0.4 is 10.2 Å². The summed E-state index contributed by atoms with van der Waals surface area (Å²) in [5.41, 5.74) is 6.38. The second kappa shape index (κ2) is 6.00. The van der Waals surface area contributed by atoms with E-state index in [1.807, 2.05) is 0 Å². The van der Waals surface area contributed by atoms with Gasteiger partial charge in [0.1, 0.15) is 0 Å². The molecule has 0 radical (unpaired) electrons. The fourth-order valence-electron chi connectivity index (χ4n) is 2.52. The third-order valence-electron chi connectivity index (χ3n) is 3.66. The number of nitrogens with one attached hydrogen (secondary N) is 1. The van der Waals surface area contributed by atoms with Gasteiger partial charge in [0.05, 0.1) is 11.4 Å². The first-order valence-corrected chi connectivity index (χ1v) is 7.09. The molecule has 0 aliphatic rings. The van der Waals surface area contributed by atoms with Crippen LogP contribution in [0, 0.1) is 13.8 Å². The Morgan fingerprint density at radius 3 is 2.40 bits per heavy atom. The molecule has 0 fully saturated rings. The average molecular weight is 268 g/mol. The van der Waals surface area contributed by atoms with Crippen LogP contribution in [0.2, 0.25) is 0 Å². The molecule has 2 aromatic carbocycles. The molecule has 2 nitrogen and oxygen atoms in total. The van der Waals surface area contributed by atoms with E-state index in [4.69, 9.17) is 0 Å². The van der Waals surface area contributed by atoms with Crippen LogP contribution in [-0.4, -0.2) is 14.1 Å². The molecular formula is C18H24N2. The molecule has 0 aromatic heterocycles. The highest BCUT2D eigenvalue weighted by molar-refractivity contribution is 5.70.